The second kappa shape index (κ2) is 16.5. The van der Waals surface area contributed by atoms with Gasteiger partial charge in [0, 0.05) is 55.2 Å². The van der Waals surface area contributed by atoms with E-state index in [-0.39, 0.29) is 12.1 Å². The van der Waals surface area contributed by atoms with Crippen LogP contribution in [-0.4, -0.2) is 60.7 Å². The maximum absolute atomic E-state index is 6.47. The van der Waals surface area contributed by atoms with Gasteiger partial charge in [-0.25, -0.2) is 9.50 Å². The lowest BCUT2D eigenvalue weighted by molar-refractivity contribution is 0.0750. The quantitative estimate of drug-likeness (QED) is 0.0983. The minimum absolute atomic E-state index is 0.124. The van der Waals surface area contributed by atoms with Gasteiger partial charge in [-0.3, -0.25) is 0 Å². The molecule has 11 heteroatoms. The molecule has 0 amide bonds. The number of hydrogen-bond acceptors (Lipinski definition) is 10. The van der Waals surface area contributed by atoms with Crippen LogP contribution >= 0.6 is 0 Å². The predicted molar refractivity (Wildman–Crippen MR) is 180 cm³/mol. The molecule has 2 heterocycles. The van der Waals surface area contributed by atoms with E-state index in [9.17, 15) is 0 Å². The maximum Gasteiger partial charge on any atom is 0.336 e. The first kappa shape index (κ1) is 33.3. The summed E-state index contributed by atoms with van der Waals surface area (Å²) in [6.07, 6.45) is 5.87. The summed E-state index contributed by atoms with van der Waals surface area (Å²) in [7, 11) is 6.57. The van der Waals surface area contributed by atoms with Crippen molar-refractivity contribution in [3.8, 4) is 29.0 Å². The Morgan fingerprint density at radius 1 is 0.787 bits per heavy atom. The predicted octanol–water partition coefficient (Wildman–Crippen LogP) is 6.52. The molecule has 0 aliphatic carbocycles. The maximum atomic E-state index is 6.47. The summed E-state index contributed by atoms with van der Waals surface area (Å²) in [6, 6.07) is 22.0. The number of anilines is 1. The molecular formula is C36H43N5O6. The SMILES string of the molecule is CCC[C@H](CCOCc1ccccc1)Oc1nc(N(Cc2ccc(OC)cc2OC)Cc2ccc(OC)cc2OC)c2nccn2n1. The van der Waals surface area contributed by atoms with Crippen LogP contribution in [0.25, 0.3) is 5.65 Å². The Labute approximate surface area is 276 Å². The fraction of sp³-hybridized carbons (Fsp3) is 0.361. The van der Waals surface area contributed by atoms with E-state index in [4.69, 9.17) is 33.4 Å². The number of hydrogen-bond donors (Lipinski definition) is 0. The molecule has 0 aliphatic rings. The summed E-state index contributed by atoms with van der Waals surface area (Å²) < 4.78 is 36.6. The number of benzene rings is 3. The molecule has 0 bridgehead atoms. The topological polar surface area (TPSA) is 102 Å². The molecule has 1 atom stereocenters. The zero-order valence-electron chi connectivity index (χ0n) is 27.7. The van der Waals surface area contributed by atoms with Gasteiger partial charge in [0.05, 0.1) is 41.7 Å². The summed E-state index contributed by atoms with van der Waals surface area (Å²) in [6.45, 7) is 4.12. The smallest absolute Gasteiger partial charge is 0.336 e. The van der Waals surface area contributed by atoms with Crippen LogP contribution in [0, 0.1) is 0 Å². The van der Waals surface area contributed by atoms with Crippen molar-refractivity contribution in [2.75, 3.05) is 39.9 Å². The molecule has 5 aromatic rings. The highest BCUT2D eigenvalue weighted by atomic mass is 16.5. The van der Waals surface area contributed by atoms with E-state index in [0.717, 1.165) is 29.5 Å². The van der Waals surface area contributed by atoms with Crippen LogP contribution < -0.4 is 28.6 Å². The van der Waals surface area contributed by atoms with Gasteiger partial charge < -0.3 is 33.3 Å². The van der Waals surface area contributed by atoms with Crippen molar-refractivity contribution in [1.82, 2.24) is 19.6 Å². The highest BCUT2D eigenvalue weighted by Gasteiger charge is 2.22. The van der Waals surface area contributed by atoms with E-state index in [1.165, 1.54) is 0 Å². The van der Waals surface area contributed by atoms with Gasteiger partial charge in [0.1, 0.15) is 29.1 Å². The van der Waals surface area contributed by atoms with Gasteiger partial charge in [0.2, 0.25) is 0 Å². The van der Waals surface area contributed by atoms with Gasteiger partial charge in [-0.2, -0.15) is 4.98 Å². The number of rotatable bonds is 18. The summed E-state index contributed by atoms with van der Waals surface area (Å²) in [5.74, 6) is 3.40. The van der Waals surface area contributed by atoms with E-state index >= 15 is 0 Å². The Bertz CT molecular complexity index is 1660. The zero-order valence-corrected chi connectivity index (χ0v) is 27.7. The average molecular weight is 642 g/mol. The largest absolute Gasteiger partial charge is 0.497 e. The van der Waals surface area contributed by atoms with Gasteiger partial charge in [-0.15, -0.1) is 5.10 Å². The molecule has 2 aromatic heterocycles. The number of aromatic nitrogens is 4. The van der Waals surface area contributed by atoms with Crippen LogP contribution in [0.5, 0.6) is 29.0 Å². The molecule has 0 fully saturated rings. The van der Waals surface area contributed by atoms with Gasteiger partial charge in [0.25, 0.3) is 0 Å². The highest BCUT2D eigenvalue weighted by molar-refractivity contribution is 5.65. The van der Waals surface area contributed by atoms with E-state index in [2.05, 4.69) is 34.0 Å². The molecule has 0 radical (unpaired) electrons. The Morgan fingerprint density at radius 3 is 2.04 bits per heavy atom. The fourth-order valence-electron chi connectivity index (χ4n) is 5.35. The molecule has 11 nitrogen and oxygen atoms in total. The Morgan fingerprint density at radius 2 is 1.45 bits per heavy atom. The Hall–Kier alpha value is -5.03. The second-order valence-corrected chi connectivity index (χ2v) is 11.0. The summed E-state index contributed by atoms with van der Waals surface area (Å²) >= 11 is 0. The summed E-state index contributed by atoms with van der Waals surface area (Å²) in [5, 5.41) is 4.67. The monoisotopic (exact) mass is 641 g/mol. The third-order valence-electron chi connectivity index (χ3n) is 7.81. The highest BCUT2D eigenvalue weighted by Crippen LogP contribution is 2.32. The van der Waals surface area contributed by atoms with Crippen molar-refractivity contribution in [2.45, 2.75) is 52.0 Å². The molecule has 0 saturated carbocycles. The summed E-state index contributed by atoms with van der Waals surface area (Å²) in [4.78, 5) is 11.7. The first-order chi connectivity index (χ1) is 23.0. The van der Waals surface area contributed by atoms with Crippen LogP contribution in [0.4, 0.5) is 5.82 Å². The van der Waals surface area contributed by atoms with E-state index < -0.39 is 0 Å². The molecule has 0 unspecified atom stereocenters. The number of ether oxygens (including phenoxy) is 6. The van der Waals surface area contributed by atoms with Crippen molar-refractivity contribution >= 4 is 11.5 Å². The third kappa shape index (κ3) is 8.62. The average Bonchev–Trinajstić information content (AvgIpc) is 3.59. The lowest BCUT2D eigenvalue weighted by Crippen LogP contribution is -2.26. The van der Waals surface area contributed by atoms with Crippen LogP contribution in [0.15, 0.2) is 79.1 Å². The summed E-state index contributed by atoms with van der Waals surface area (Å²) in [5.41, 5.74) is 3.61. The van der Waals surface area contributed by atoms with Gasteiger partial charge in [-0.1, -0.05) is 43.7 Å². The van der Waals surface area contributed by atoms with E-state index in [1.54, 1.807) is 45.3 Å². The van der Waals surface area contributed by atoms with Crippen molar-refractivity contribution in [2.24, 2.45) is 0 Å². The van der Waals surface area contributed by atoms with Crippen molar-refractivity contribution in [1.29, 1.82) is 0 Å². The lowest BCUT2D eigenvalue weighted by atomic mass is 10.1. The van der Waals surface area contributed by atoms with Gasteiger partial charge in [0.15, 0.2) is 11.5 Å². The van der Waals surface area contributed by atoms with E-state index in [0.29, 0.717) is 67.2 Å². The first-order valence-corrected chi connectivity index (χ1v) is 15.7. The van der Waals surface area contributed by atoms with Crippen molar-refractivity contribution in [3.63, 3.8) is 0 Å². The van der Waals surface area contributed by atoms with Crippen LogP contribution in [0.2, 0.25) is 0 Å². The molecule has 5 rings (SSSR count). The molecule has 248 valence electrons. The molecule has 0 N–H and O–H groups in total. The number of nitrogens with zero attached hydrogens (tertiary/aromatic N) is 5. The van der Waals surface area contributed by atoms with Crippen LogP contribution in [-0.2, 0) is 24.4 Å². The van der Waals surface area contributed by atoms with Gasteiger partial charge >= 0.3 is 6.01 Å². The standard InChI is InChI=1S/C36H43N5O6/c1-6-10-29(17-20-46-25-26-11-8-7-9-12-26)47-36-38-35(34-37-18-19-41(34)39-36)40(23-27-13-15-30(42-2)21-32(27)44-4)24-28-14-16-31(43-3)22-33(28)45-5/h7-9,11-16,18-19,21-22,29H,6,10,17,20,23-25H2,1-5H3/t29-/m1/s1. The third-order valence-corrected chi connectivity index (χ3v) is 7.81. The number of methoxy groups -OCH3 is 4. The second-order valence-electron chi connectivity index (χ2n) is 11.0. The lowest BCUT2D eigenvalue weighted by Gasteiger charge is -2.27. The number of imidazole rings is 1. The zero-order chi connectivity index (χ0) is 33.0. The fourth-order valence-corrected chi connectivity index (χ4v) is 5.35. The van der Waals surface area contributed by atoms with E-state index in [1.807, 2.05) is 54.6 Å². The normalized spacial score (nSPS) is 11.7. The van der Waals surface area contributed by atoms with Crippen LogP contribution in [0.1, 0.15) is 42.9 Å². The van der Waals surface area contributed by atoms with Crippen LogP contribution in [0.3, 0.4) is 0 Å². The minimum atomic E-state index is -0.124. The van der Waals surface area contributed by atoms with Crippen molar-refractivity contribution < 1.29 is 28.4 Å². The van der Waals surface area contributed by atoms with Gasteiger partial charge in [-0.05, 0) is 36.2 Å². The first-order valence-electron chi connectivity index (χ1n) is 15.7. The molecule has 47 heavy (non-hydrogen) atoms. The minimum Gasteiger partial charge on any atom is -0.497 e. The Kier molecular flexibility index (Phi) is 11.7. The van der Waals surface area contributed by atoms with Crippen molar-refractivity contribution in [3.05, 3.63) is 95.8 Å². The molecule has 0 spiro atoms. The number of fused-ring (bicyclic) bond motifs is 1. The Balaban J connectivity index is 1.46. The molecule has 0 aliphatic heterocycles. The molecule has 0 saturated heterocycles. The molecule has 3 aromatic carbocycles. The molecular weight excluding hydrogens is 598 g/mol.